The Bertz CT molecular complexity index is 893. The average molecular weight is 398 g/mol. The molecule has 0 aliphatic rings. The number of nitrogens with zero attached hydrogens (tertiary/aromatic N) is 2. The molecule has 9 heteroatoms. The van der Waals surface area contributed by atoms with Gasteiger partial charge in [0.1, 0.15) is 15.6 Å². The Labute approximate surface area is 157 Å². The fraction of sp³-hybridized carbons (Fsp3) is 0.412. The van der Waals surface area contributed by atoms with Crippen molar-refractivity contribution < 1.29 is 17.7 Å². The van der Waals surface area contributed by atoms with Crippen LogP contribution < -0.4 is 5.32 Å². The Morgan fingerprint density at radius 3 is 2.58 bits per heavy atom. The molecule has 2 aromatic heterocycles. The van der Waals surface area contributed by atoms with Crippen molar-refractivity contribution in [3.05, 3.63) is 28.5 Å². The molecule has 0 spiro atoms. The average Bonchev–Trinajstić information content (AvgIpc) is 3.22. The van der Waals surface area contributed by atoms with Gasteiger partial charge in [-0.05, 0) is 31.2 Å². The van der Waals surface area contributed by atoms with Crippen LogP contribution in [0.3, 0.4) is 0 Å². The van der Waals surface area contributed by atoms with Gasteiger partial charge in [0, 0.05) is 24.4 Å². The zero-order valence-corrected chi connectivity index (χ0v) is 16.9. The molecule has 0 aliphatic carbocycles. The molecule has 0 aliphatic heterocycles. The molecule has 2 aromatic rings. The Morgan fingerprint density at radius 2 is 1.96 bits per heavy atom. The normalized spacial score (nSPS) is 12.2. The van der Waals surface area contributed by atoms with Gasteiger partial charge in [-0.15, -0.1) is 11.3 Å². The highest BCUT2D eigenvalue weighted by Gasteiger charge is 2.23. The monoisotopic (exact) mass is 397 g/mol. The lowest BCUT2D eigenvalue weighted by atomic mass is 10.2. The Balaban J connectivity index is 2.24. The maximum absolute atomic E-state index is 12.5. The van der Waals surface area contributed by atoms with Crippen LogP contribution in [0.2, 0.25) is 0 Å². The third-order valence-corrected chi connectivity index (χ3v) is 7.34. The maximum Gasteiger partial charge on any atom is 0.252 e. The minimum Gasteiger partial charge on any atom is -0.354 e. The third kappa shape index (κ3) is 4.40. The van der Waals surface area contributed by atoms with Crippen LogP contribution in [-0.4, -0.2) is 36.9 Å². The van der Waals surface area contributed by atoms with Crippen molar-refractivity contribution >= 4 is 45.1 Å². The van der Waals surface area contributed by atoms with Crippen LogP contribution in [0.15, 0.2) is 20.9 Å². The molecular weight excluding hydrogens is 374 g/mol. The summed E-state index contributed by atoms with van der Waals surface area (Å²) in [6.07, 6.45) is 3.77. The van der Waals surface area contributed by atoms with Crippen molar-refractivity contribution in [1.82, 2.24) is 9.46 Å². The van der Waals surface area contributed by atoms with Crippen molar-refractivity contribution in [3.63, 3.8) is 0 Å². The molecular formula is C17H23N3O4S2. The molecule has 0 fully saturated rings. The summed E-state index contributed by atoms with van der Waals surface area (Å²) in [5.74, 6) is 0.292. The highest BCUT2D eigenvalue weighted by Crippen LogP contribution is 2.28. The number of rotatable bonds is 8. The van der Waals surface area contributed by atoms with Gasteiger partial charge in [0.15, 0.2) is 5.76 Å². The molecule has 0 saturated heterocycles. The van der Waals surface area contributed by atoms with E-state index >= 15 is 0 Å². The predicted octanol–water partition coefficient (Wildman–Crippen LogP) is 3.59. The molecule has 142 valence electrons. The quantitative estimate of drug-likeness (QED) is 0.735. The minimum absolute atomic E-state index is 0.130. The van der Waals surface area contributed by atoms with E-state index in [9.17, 15) is 13.2 Å². The largest absolute Gasteiger partial charge is 0.354 e. The van der Waals surface area contributed by atoms with Gasteiger partial charge >= 0.3 is 0 Å². The summed E-state index contributed by atoms with van der Waals surface area (Å²) >= 11 is 1.18. The number of aryl methyl sites for hydroxylation is 1. The van der Waals surface area contributed by atoms with Crippen LogP contribution in [-0.2, 0) is 14.8 Å². The highest BCUT2D eigenvalue weighted by atomic mass is 32.2. The first kappa shape index (κ1) is 20.3. The first-order valence-electron chi connectivity index (χ1n) is 8.37. The molecule has 0 aromatic carbocycles. The number of thiophene rings is 1. The zero-order chi connectivity index (χ0) is 19.3. The molecule has 0 atom stereocenters. The van der Waals surface area contributed by atoms with Crippen LogP contribution in [0.25, 0.3) is 12.2 Å². The van der Waals surface area contributed by atoms with Crippen LogP contribution in [0.5, 0.6) is 0 Å². The van der Waals surface area contributed by atoms with Crippen LogP contribution in [0, 0.1) is 6.92 Å². The first-order valence-corrected chi connectivity index (χ1v) is 10.6. The molecule has 0 bridgehead atoms. The van der Waals surface area contributed by atoms with E-state index in [2.05, 4.69) is 10.5 Å². The van der Waals surface area contributed by atoms with Crippen LogP contribution in [0.4, 0.5) is 5.69 Å². The van der Waals surface area contributed by atoms with E-state index < -0.39 is 10.0 Å². The van der Waals surface area contributed by atoms with Gasteiger partial charge in [-0.25, -0.2) is 8.42 Å². The molecule has 7 nitrogen and oxygen atoms in total. The van der Waals surface area contributed by atoms with E-state index in [1.54, 1.807) is 38.1 Å². The van der Waals surface area contributed by atoms with E-state index in [4.69, 9.17) is 4.52 Å². The maximum atomic E-state index is 12.5. The number of sulfonamides is 1. The van der Waals surface area contributed by atoms with Gasteiger partial charge in [-0.2, -0.15) is 4.31 Å². The number of hydrogen-bond acceptors (Lipinski definition) is 6. The summed E-state index contributed by atoms with van der Waals surface area (Å²) in [7, 11) is -3.46. The molecule has 0 saturated carbocycles. The van der Waals surface area contributed by atoms with Gasteiger partial charge in [0.05, 0.1) is 0 Å². The lowest BCUT2D eigenvalue weighted by Gasteiger charge is -2.16. The van der Waals surface area contributed by atoms with E-state index in [0.717, 1.165) is 4.88 Å². The smallest absolute Gasteiger partial charge is 0.252 e. The van der Waals surface area contributed by atoms with Gasteiger partial charge < -0.3 is 9.84 Å². The van der Waals surface area contributed by atoms with Crippen molar-refractivity contribution in [2.24, 2.45) is 0 Å². The number of carbonyl (C=O) groups excluding carboxylic acids is 1. The van der Waals surface area contributed by atoms with Gasteiger partial charge in [0.25, 0.3) is 10.0 Å². The number of hydrogen-bond donors (Lipinski definition) is 1. The molecule has 0 unspecified atom stereocenters. The second kappa shape index (κ2) is 8.61. The number of carbonyl (C=O) groups is 1. The third-order valence-electron chi connectivity index (χ3n) is 3.78. The van der Waals surface area contributed by atoms with Crippen molar-refractivity contribution in [1.29, 1.82) is 0 Å². The number of aromatic nitrogens is 1. The van der Waals surface area contributed by atoms with Crippen LogP contribution in [0.1, 0.15) is 43.5 Å². The van der Waals surface area contributed by atoms with Gasteiger partial charge in [-0.3, -0.25) is 4.79 Å². The lowest BCUT2D eigenvalue weighted by molar-refractivity contribution is -0.115. The van der Waals surface area contributed by atoms with E-state index in [-0.39, 0.29) is 5.91 Å². The predicted molar refractivity (Wildman–Crippen MR) is 104 cm³/mol. The zero-order valence-electron chi connectivity index (χ0n) is 15.3. The molecule has 1 N–H and O–H groups in total. The number of nitrogens with one attached hydrogen (secondary N) is 1. The summed E-state index contributed by atoms with van der Waals surface area (Å²) < 4.78 is 32.0. The fourth-order valence-corrected chi connectivity index (χ4v) is 5.13. The molecule has 0 radical (unpaired) electrons. The van der Waals surface area contributed by atoms with Crippen LogP contribution >= 0.6 is 11.3 Å². The van der Waals surface area contributed by atoms with Crippen molar-refractivity contribution in [3.8, 4) is 0 Å². The summed E-state index contributed by atoms with van der Waals surface area (Å²) in [6.45, 7) is 7.99. The second-order valence-corrected chi connectivity index (χ2v) is 8.77. The Morgan fingerprint density at radius 1 is 1.27 bits per heavy atom. The lowest BCUT2D eigenvalue weighted by Crippen LogP contribution is -2.29. The van der Waals surface area contributed by atoms with E-state index in [0.29, 0.717) is 40.9 Å². The van der Waals surface area contributed by atoms with Gasteiger partial charge in [-0.1, -0.05) is 25.9 Å². The molecule has 26 heavy (non-hydrogen) atoms. The van der Waals surface area contributed by atoms with Gasteiger partial charge in [0.2, 0.25) is 5.91 Å². The fourth-order valence-electron chi connectivity index (χ4n) is 2.29. The summed E-state index contributed by atoms with van der Waals surface area (Å²) in [5, 5.41) is 6.62. The molecule has 2 rings (SSSR count). The van der Waals surface area contributed by atoms with E-state index in [1.807, 2.05) is 13.8 Å². The standard InChI is InChI=1S/C17H23N3O4S2/c1-5-15(21)18-17-12(4)19-24-14(17)10-8-13-9-11-16(25-13)26(22,23)20(6-2)7-3/h8-11H,5-7H2,1-4H3,(H,18,21). The second-order valence-electron chi connectivity index (χ2n) is 5.49. The SMILES string of the molecule is CCC(=O)Nc1c(C)noc1C=Cc1ccc(S(=O)(=O)N(CC)CC)s1. The number of amides is 1. The summed E-state index contributed by atoms with van der Waals surface area (Å²) in [6, 6.07) is 3.34. The minimum atomic E-state index is -3.46. The summed E-state index contributed by atoms with van der Waals surface area (Å²) in [5.41, 5.74) is 1.11. The first-order chi connectivity index (χ1) is 12.3. The van der Waals surface area contributed by atoms with Crippen molar-refractivity contribution in [2.45, 2.75) is 38.3 Å². The molecule has 2 heterocycles. The summed E-state index contributed by atoms with van der Waals surface area (Å²) in [4.78, 5) is 12.4. The highest BCUT2D eigenvalue weighted by molar-refractivity contribution is 7.91. The molecule has 1 amide bonds. The number of anilines is 1. The Hall–Kier alpha value is -1.97. The van der Waals surface area contributed by atoms with Crippen molar-refractivity contribution in [2.75, 3.05) is 18.4 Å². The Kier molecular flexibility index (Phi) is 6.74. The van der Waals surface area contributed by atoms with E-state index in [1.165, 1.54) is 15.6 Å². The topological polar surface area (TPSA) is 92.5 Å².